The number of piperidine rings is 1. The van der Waals surface area contributed by atoms with Crippen LogP contribution < -0.4 is 4.90 Å². The minimum absolute atomic E-state index is 0.220. The van der Waals surface area contributed by atoms with E-state index in [1.807, 2.05) is 12.1 Å². The van der Waals surface area contributed by atoms with Gasteiger partial charge in [0.2, 0.25) is 0 Å². The van der Waals surface area contributed by atoms with E-state index in [0.29, 0.717) is 0 Å². The number of pyridine rings is 1. The van der Waals surface area contributed by atoms with Crippen LogP contribution >= 0.6 is 15.9 Å². The monoisotopic (exact) mass is 270 g/mol. The number of aliphatic hydroxyl groups excluding tert-OH is 1. The first-order valence-corrected chi connectivity index (χ1v) is 6.09. The molecule has 1 fully saturated rings. The minimum Gasteiger partial charge on any atom is -0.394 e. The van der Waals surface area contributed by atoms with Gasteiger partial charge in [-0.25, -0.2) is 4.98 Å². The van der Waals surface area contributed by atoms with Crippen molar-refractivity contribution >= 4 is 21.7 Å². The molecule has 2 rings (SSSR count). The lowest BCUT2D eigenvalue weighted by molar-refractivity contribution is 0.239. The third-order valence-corrected chi connectivity index (χ3v) is 3.31. The highest BCUT2D eigenvalue weighted by atomic mass is 79.9. The second-order valence-corrected chi connectivity index (χ2v) is 4.78. The van der Waals surface area contributed by atoms with Gasteiger partial charge in [0, 0.05) is 17.2 Å². The van der Waals surface area contributed by atoms with E-state index in [0.717, 1.165) is 23.3 Å². The lowest BCUT2D eigenvalue weighted by Crippen LogP contribution is -2.42. The Morgan fingerprint density at radius 2 is 2.33 bits per heavy atom. The molecule has 0 bridgehead atoms. The van der Waals surface area contributed by atoms with Gasteiger partial charge in [-0.3, -0.25) is 0 Å². The van der Waals surface area contributed by atoms with Crippen LogP contribution in [0.1, 0.15) is 19.3 Å². The van der Waals surface area contributed by atoms with Crippen molar-refractivity contribution in [3.63, 3.8) is 0 Å². The number of rotatable bonds is 2. The van der Waals surface area contributed by atoms with E-state index in [2.05, 4.69) is 25.8 Å². The van der Waals surface area contributed by atoms with E-state index in [1.165, 1.54) is 12.8 Å². The molecule has 0 spiro atoms. The van der Waals surface area contributed by atoms with Crippen LogP contribution in [0.15, 0.2) is 22.8 Å². The van der Waals surface area contributed by atoms with Gasteiger partial charge in [-0.2, -0.15) is 0 Å². The smallest absolute Gasteiger partial charge is 0.128 e. The Morgan fingerprint density at radius 1 is 1.47 bits per heavy atom. The number of halogens is 1. The Bertz CT molecular complexity index is 315. The summed E-state index contributed by atoms with van der Waals surface area (Å²) in [5.74, 6) is 0.969. The maximum atomic E-state index is 9.30. The van der Waals surface area contributed by atoms with Crippen LogP contribution in [0.4, 0.5) is 5.82 Å². The molecule has 1 aromatic rings. The highest BCUT2D eigenvalue weighted by Crippen LogP contribution is 2.23. The molecule has 0 amide bonds. The van der Waals surface area contributed by atoms with E-state index < -0.39 is 0 Å². The van der Waals surface area contributed by atoms with E-state index >= 15 is 0 Å². The summed E-state index contributed by atoms with van der Waals surface area (Å²) in [4.78, 5) is 6.57. The molecule has 0 radical (unpaired) electrons. The van der Waals surface area contributed by atoms with Crippen molar-refractivity contribution in [1.82, 2.24) is 4.98 Å². The van der Waals surface area contributed by atoms with Gasteiger partial charge in [0.25, 0.3) is 0 Å². The molecule has 82 valence electrons. The van der Waals surface area contributed by atoms with Crippen LogP contribution in [0.5, 0.6) is 0 Å². The van der Waals surface area contributed by atoms with Crippen molar-refractivity contribution in [2.24, 2.45) is 0 Å². The van der Waals surface area contributed by atoms with Crippen molar-refractivity contribution in [2.45, 2.75) is 25.3 Å². The van der Waals surface area contributed by atoms with Crippen LogP contribution in [0, 0.1) is 0 Å². The molecule has 15 heavy (non-hydrogen) atoms. The van der Waals surface area contributed by atoms with E-state index in [-0.39, 0.29) is 12.6 Å². The maximum Gasteiger partial charge on any atom is 0.128 e. The summed E-state index contributed by atoms with van der Waals surface area (Å²) in [6.07, 6.45) is 5.26. The van der Waals surface area contributed by atoms with Crippen LogP contribution in [0.3, 0.4) is 0 Å². The van der Waals surface area contributed by atoms with Crippen LogP contribution in [0.25, 0.3) is 0 Å². The van der Waals surface area contributed by atoms with Crippen molar-refractivity contribution < 1.29 is 5.11 Å². The van der Waals surface area contributed by atoms with Crippen molar-refractivity contribution in [3.8, 4) is 0 Å². The highest BCUT2D eigenvalue weighted by Gasteiger charge is 2.22. The van der Waals surface area contributed by atoms with Crippen molar-refractivity contribution in [2.75, 3.05) is 18.1 Å². The molecular weight excluding hydrogens is 256 g/mol. The van der Waals surface area contributed by atoms with Gasteiger partial charge in [0.15, 0.2) is 0 Å². The van der Waals surface area contributed by atoms with Gasteiger partial charge in [-0.15, -0.1) is 0 Å². The quantitative estimate of drug-likeness (QED) is 0.895. The molecule has 2 heterocycles. The third-order valence-electron chi connectivity index (χ3n) is 2.84. The van der Waals surface area contributed by atoms with Crippen molar-refractivity contribution in [1.29, 1.82) is 0 Å². The van der Waals surface area contributed by atoms with Crippen molar-refractivity contribution in [3.05, 3.63) is 22.8 Å². The minimum atomic E-state index is 0.220. The summed E-state index contributed by atoms with van der Waals surface area (Å²) >= 11 is 3.37. The average Bonchev–Trinajstić information content (AvgIpc) is 2.30. The fourth-order valence-electron chi connectivity index (χ4n) is 2.03. The molecule has 1 aliphatic heterocycles. The third kappa shape index (κ3) is 2.49. The fourth-order valence-corrected chi connectivity index (χ4v) is 2.26. The lowest BCUT2D eigenvalue weighted by Gasteiger charge is -2.35. The van der Waals surface area contributed by atoms with Gasteiger partial charge in [0.05, 0.1) is 12.6 Å². The first-order valence-electron chi connectivity index (χ1n) is 5.30. The topological polar surface area (TPSA) is 36.4 Å². The maximum absolute atomic E-state index is 9.30. The SMILES string of the molecule is OC[C@@H]1CCCCN1c1ccc(Br)cn1. The number of aliphatic hydroxyl groups is 1. The largest absolute Gasteiger partial charge is 0.394 e. The molecule has 1 saturated heterocycles. The second kappa shape index (κ2) is 4.94. The van der Waals surface area contributed by atoms with Crippen LogP contribution in [0.2, 0.25) is 0 Å². The van der Waals surface area contributed by atoms with Gasteiger partial charge in [-0.05, 0) is 47.3 Å². The van der Waals surface area contributed by atoms with E-state index in [1.54, 1.807) is 6.20 Å². The molecule has 1 atom stereocenters. The first-order chi connectivity index (χ1) is 7.31. The Labute approximate surface area is 98.3 Å². The number of nitrogens with zero attached hydrogens (tertiary/aromatic N) is 2. The molecule has 0 aromatic carbocycles. The number of aromatic nitrogens is 1. The summed E-state index contributed by atoms with van der Waals surface area (Å²) < 4.78 is 0.990. The summed E-state index contributed by atoms with van der Waals surface area (Å²) in [6, 6.07) is 4.23. The molecular formula is C11H15BrN2O. The zero-order valence-electron chi connectivity index (χ0n) is 8.56. The molecule has 1 aromatic heterocycles. The predicted octanol–water partition coefficient (Wildman–Crippen LogP) is 2.20. The Kier molecular flexibility index (Phi) is 3.59. The summed E-state index contributed by atoms with van der Waals surface area (Å²) in [7, 11) is 0. The first kappa shape index (κ1) is 10.9. The lowest BCUT2D eigenvalue weighted by atomic mass is 10.0. The zero-order valence-corrected chi connectivity index (χ0v) is 10.2. The molecule has 1 N–H and O–H groups in total. The number of hydrogen-bond acceptors (Lipinski definition) is 3. The fraction of sp³-hybridized carbons (Fsp3) is 0.545. The summed E-state index contributed by atoms with van der Waals surface area (Å²) in [6.45, 7) is 1.22. The number of anilines is 1. The van der Waals surface area contributed by atoms with Crippen LogP contribution in [-0.2, 0) is 0 Å². The number of hydrogen-bond donors (Lipinski definition) is 1. The Balaban J connectivity index is 2.16. The molecule has 1 aliphatic rings. The van der Waals surface area contributed by atoms with Gasteiger partial charge >= 0.3 is 0 Å². The van der Waals surface area contributed by atoms with E-state index in [4.69, 9.17) is 0 Å². The normalized spacial score (nSPS) is 21.7. The Morgan fingerprint density at radius 3 is 3.00 bits per heavy atom. The highest BCUT2D eigenvalue weighted by molar-refractivity contribution is 9.10. The second-order valence-electron chi connectivity index (χ2n) is 3.86. The Hall–Kier alpha value is -0.610. The zero-order chi connectivity index (χ0) is 10.7. The molecule has 0 aliphatic carbocycles. The summed E-state index contributed by atoms with van der Waals surface area (Å²) in [5.41, 5.74) is 0. The predicted molar refractivity (Wildman–Crippen MR) is 64.0 cm³/mol. The molecule has 4 heteroatoms. The standard InChI is InChI=1S/C11H15BrN2O/c12-9-4-5-11(13-7-9)14-6-2-1-3-10(14)8-15/h4-5,7,10,15H,1-3,6,8H2/t10-/m0/s1. The van der Waals surface area contributed by atoms with E-state index in [9.17, 15) is 5.11 Å². The molecule has 0 saturated carbocycles. The summed E-state index contributed by atoms with van der Waals surface area (Å²) in [5, 5.41) is 9.30. The molecule has 3 nitrogen and oxygen atoms in total. The van der Waals surface area contributed by atoms with Gasteiger partial charge < -0.3 is 10.0 Å². The molecule has 0 unspecified atom stereocenters. The van der Waals surface area contributed by atoms with Gasteiger partial charge in [0.1, 0.15) is 5.82 Å². The average molecular weight is 271 g/mol. The van der Waals surface area contributed by atoms with Crippen LogP contribution in [-0.4, -0.2) is 29.3 Å². The van der Waals surface area contributed by atoms with Gasteiger partial charge in [-0.1, -0.05) is 0 Å².